The molecule has 0 spiro atoms. The summed E-state index contributed by atoms with van der Waals surface area (Å²) < 4.78 is 5.17. The molecule has 0 aromatic heterocycles. The summed E-state index contributed by atoms with van der Waals surface area (Å²) in [4.78, 5) is 0. The Hall–Kier alpha value is 0.350. The first-order valence-electron chi connectivity index (χ1n) is 3.40. The molecular weight excluding hydrogens is 133 g/mol. The Kier molecular flexibility index (Phi) is 8.67. The molecule has 0 aromatic carbocycles. The van der Waals surface area contributed by atoms with E-state index in [1.165, 1.54) is 6.42 Å². The molecule has 0 aromatic rings. The number of nitrogens with two attached hydrogens (primary N) is 1. The van der Waals surface area contributed by atoms with Gasteiger partial charge in [-0.15, -0.1) is 0 Å². The lowest BCUT2D eigenvalue weighted by atomic mass is 10.2. The van der Waals surface area contributed by atoms with Gasteiger partial charge < -0.3 is 10.3 Å². The maximum absolute atomic E-state index is 5.30. The molecule has 0 aliphatic carbocycles. The van der Waals surface area contributed by atoms with Gasteiger partial charge in [-0.2, -0.15) is 0 Å². The first-order chi connectivity index (χ1) is 4.41. The second kappa shape index (κ2) is 8.35. The van der Waals surface area contributed by atoms with Gasteiger partial charge >= 0.3 is 0 Å². The van der Waals surface area contributed by atoms with Crippen LogP contribution in [0.2, 0.25) is 0 Å². The summed E-state index contributed by atoms with van der Waals surface area (Å²) in [6.07, 6.45) is 3.51. The van der Waals surface area contributed by atoms with Gasteiger partial charge in [0.2, 0.25) is 0 Å². The molecule has 0 heterocycles. The molecule has 0 aliphatic rings. The van der Waals surface area contributed by atoms with Gasteiger partial charge in [0.15, 0.2) is 0 Å². The predicted molar refractivity (Wildman–Crippen MR) is 43.1 cm³/mol. The van der Waals surface area contributed by atoms with E-state index in [1.807, 2.05) is 6.66 Å². The van der Waals surface area contributed by atoms with Crippen molar-refractivity contribution in [2.75, 3.05) is 19.8 Å². The van der Waals surface area contributed by atoms with Crippen LogP contribution in [0.5, 0.6) is 0 Å². The van der Waals surface area contributed by atoms with Crippen molar-refractivity contribution < 1.29 is 4.52 Å². The number of rotatable bonds is 6. The number of hydrogen-bond acceptors (Lipinski definition) is 2. The molecule has 1 atom stereocenters. The molecule has 0 aliphatic heterocycles. The van der Waals surface area contributed by atoms with Crippen LogP contribution in [0.15, 0.2) is 0 Å². The van der Waals surface area contributed by atoms with E-state index < -0.39 is 0 Å². The van der Waals surface area contributed by atoms with E-state index in [4.69, 9.17) is 10.3 Å². The summed E-state index contributed by atoms with van der Waals surface area (Å²) in [5.74, 6) is 0. The van der Waals surface area contributed by atoms with Crippen molar-refractivity contribution >= 4 is 8.81 Å². The van der Waals surface area contributed by atoms with Crippen LogP contribution in [0.1, 0.15) is 19.3 Å². The van der Waals surface area contributed by atoms with E-state index in [2.05, 4.69) is 0 Å². The van der Waals surface area contributed by atoms with Crippen molar-refractivity contribution in [2.24, 2.45) is 5.73 Å². The zero-order valence-corrected chi connectivity index (χ0v) is 7.02. The zero-order valence-electron chi connectivity index (χ0n) is 6.02. The molecule has 0 saturated carbocycles. The summed E-state index contributed by atoms with van der Waals surface area (Å²) in [5, 5.41) is 0. The quantitative estimate of drug-likeness (QED) is 0.457. The monoisotopic (exact) mass is 149 g/mol. The highest BCUT2D eigenvalue weighted by atomic mass is 31.1. The van der Waals surface area contributed by atoms with E-state index in [0.29, 0.717) is 8.81 Å². The van der Waals surface area contributed by atoms with Crippen molar-refractivity contribution in [3.05, 3.63) is 0 Å². The Bertz CT molecular complexity index is 46.3. The summed E-state index contributed by atoms with van der Waals surface area (Å²) in [7, 11) is 0.638. The molecule has 0 rings (SSSR count). The van der Waals surface area contributed by atoms with Crippen LogP contribution in [-0.4, -0.2) is 19.8 Å². The lowest BCUT2D eigenvalue weighted by molar-refractivity contribution is 0.349. The van der Waals surface area contributed by atoms with Crippen LogP contribution in [-0.2, 0) is 4.52 Å². The van der Waals surface area contributed by atoms with Crippen LogP contribution in [0, 0.1) is 0 Å². The molecule has 9 heavy (non-hydrogen) atoms. The third-order valence-corrected chi connectivity index (χ3v) is 1.59. The lowest BCUT2D eigenvalue weighted by Gasteiger charge is -1.98. The zero-order chi connectivity index (χ0) is 6.95. The third-order valence-electron chi connectivity index (χ3n) is 1.09. The van der Waals surface area contributed by atoms with Gasteiger partial charge in [-0.1, -0.05) is 0 Å². The predicted octanol–water partition coefficient (Wildman–Crippen LogP) is 1.36. The van der Waals surface area contributed by atoms with E-state index in [1.54, 1.807) is 0 Å². The first-order valence-corrected chi connectivity index (χ1v) is 4.81. The second-order valence-electron chi connectivity index (χ2n) is 1.90. The van der Waals surface area contributed by atoms with Gasteiger partial charge in [0.25, 0.3) is 0 Å². The average molecular weight is 149 g/mol. The molecule has 0 saturated heterocycles. The maximum Gasteiger partial charge on any atom is 0.0505 e. The van der Waals surface area contributed by atoms with Crippen molar-refractivity contribution in [3.8, 4) is 0 Å². The summed E-state index contributed by atoms with van der Waals surface area (Å²) >= 11 is 0. The fourth-order valence-corrected chi connectivity index (χ4v) is 0.946. The highest BCUT2D eigenvalue weighted by Gasteiger charge is 1.85. The average Bonchev–Trinajstić information content (AvgIpc) is 1.89. The molecule has 2 N–H and O–H groups in total. The summed E-state index contributed by atoms with van der Waals surface area (Å²) in [5.41, 5.74) is 5.30. The smallest absolute Gasteiger partial charge is 0.0505 e. The van der Waals surface area contributed by atoms with E-state index >= 15 is 0 Å². The van der Waals surface area contributed by atoms with Gasteiger partial charge in [0.05, 0.1) is 6.61 Å². The molecule has 2 nitrogen and oxygen atoms in total. The SMILES string of the molecule is CPOCCCCCN. The van der Waals surface area contributed by atoms with Crippen LogP contribution in [0.25, 0.3) is 0 Å². The van der Waals surface area contributed by atoms with Gasteiger partial charge in [-0.25, -0.2) is 0 Å². The Balaban J connectivity index is 2.60. The Morgan fingerprint density at radius 3 is 2.67 bits per heavy atom. The highest BCUT2D eigenvalue weighted by Crippen LogP contribution is 2.05. The fraction of sp³-hybridized carbons (Fsp3) is 1.00. The Morgan fingerprint density at radius 2 is 2.11 bits per heavy atom. The largest absolute Gasteiger partial charge is 0.363 e. The molecule has 0 fully saturated rings. The van der Waals surface area contributed by atoms with Crippen molar-refractivity contribution in [3.63, 3.8) is 0 Å². The summed E-state index contributed by atoms with van der Waals surface area (Å²) in [6, 6.07) is 0. The van der Waals surface area contributed by atoms with Crippen LogP contribution >= 0.6 is 8.81 Å². The maximum atomic E-state index is 5.30. The molecule has 0 amide bonds. The topological polar surface area (TPSA) is 35.2 Å². The summed E-state index contributed by atoms with van der Waals surface area (Å²) in [6.45, 7) is 3.77. The van der Waals surface area contributed by atoms with Gasteiger partial charge in [0, 0.05) is 8.81 Å². The third kappa shape index (κ3) is 8.35. The highest BCUT2D eigenvalue weighted by molar-refractivity contribution is 7.31. The minimum atomic E-state index is 0.638. The number of hydrogen-bond donors (Lipinski definition) is 1. The molecule has 3 heteroatoms. The van der Waals surface area contributed by atoms with Gasteiger partial charge in [0.1, 0.15) is 0 Å². The van der Waals surface area contributed by atoms with E-state index in [9.17, 15) is 0 Å². The second-order valence-corrected chi connectivity index (χ2v) is 2.60. The Morgan fingerprint density at radius 1 is 1.33 bits per heavy atom. The fourth-order valence-electron chi connectivity index (χ4n) is 0.597. The molecule has 0 radical (unpaired) electrons. The van der Waals surface area contributed by atoms with Crippen LogP contribution < -0.4 is 5.73 Å². The van der Waals surface area contributed by atoms with Gasteiger partial charge in [-0.3, -0.25) is 0 Å². The number of unbranched alkanes of at least 4 members (excludes halogenated alkanes) is 2. The van der Waals surface area contributed by atoms with Crippen molar-refractivity contribution in [1.82, 2.24) is 0 Å². The van der Waals surface area contributed by atoms with Gasteiger partial charge in [-0.05, 0) is 32.5 Å². The standard InChI is InChI=1S/C6H16NOP/c1-9-8-6-4-2-3-5-7/h9H,2-7H2,1H3. The van der Waals surface area contributed by atoms with Crippen LogP contribution in [0.3, 0.4) is 0 Å². The molecule has 56 valence electrons. The van der Waals surface area contributed by atoms with E-state index in [-0.39, 0.29) is 0 Å². The van der Waals surface area contributed by atoms with Crippen molar-refractivity contribution in [2.45, 2.75) is 19.3 Å². The molecule has 0 bridgehead atoms. The van der Waals surface area contributed by atoms with Crippen molar-refractivity contribution in [1.29, 1.82) is 0 Å². The molecule has 1 unspecified atom stereocenters. The lowest BCUT2D eigenvalue weighted by Crippen LogP contribution is -1.98. The van der Waals surface area contributed by atoms with E-state index in [0.717, 1.165) is 26.0 Å². The van der Waals surface area contributed by atoms with Crippen LogP contribution in [0.4, 0.5) is 0 Å². The first kappa shape index (κ1) is 9.35. The minimum Gasteiger partial charge on any atom is -0.363 e. The minimum absolute atomic E-state index is 0.638. The normalized spacial score (nSPS) is 11.3. The Labute approximate surface area is 59.0 Å². The molecular formula is C6H16NOP.